The van der Waals surface area contributed by atoms with Gasteiger partial charge in [-0.2, -0.15) is 0 Å². The van der Waals surface area contributed by atoms with Gasteiger partial charge in [0.25, 0.3) is 5.56 Å². The highest BCUT2D eigenvalue weighted by Gasteiger charge is 2.35. The highest BCUT2D eigenvalue weighted by molar-refractivity contribution is 7.07. The first-order valence-corrected chi connectivity index (χ1v) is 15.1. The predicted octanol–water partition coefficient (Wildman–Crippen LogP) is 4.28. The van der Waals surface area contributed by atoms with E-state index < -0.39 is 18.0 Å². The van der Waals surface area contributed by atoms with E-state index in [0.29, 0.717) is 55.6 Å². The first kappa shape index (κ1) is 31.3. The zero-order valence-corrected chi connectivity index (χ0v) is 26.3. The zero-order chi connectivity index (χ0) is 32.1. The third kappa shape index (κ3) is 6.39. The molecule has 11 heteroatoms. The van der Waals surface area contributed by atoms with E-state index in [9.17, 15) is 14.4 Å². The van der Waals surface area contributed by atoms with E-state index in [2.05, 4.69) is 0 Å². The average Bonchev–Trinajstić information content (AvgIpc) is 3.35. The standard InChI is InChI=1S/C34H32N2O8S/c1-6-42-27-17-21(13-15-25(27)44-20(3)37)18-28-32(38)36-31(23-14-16-24(40-4)26(19-23)41-5)29(33(39)43-7-2)30(35-34(36)45-28)22-11-9-8-10-12-22/h8-19,31H,6-7H2,1-5H3/b28-18-/t31-/m1/s1. The lowest BCUT2D eigenvalue weighted by Crippen LogP contribution is -2.40. The molecule has 0 aliphatic carbocycles. The first-order chi connectivity index (χ1) is 21.8. The molecule has 0 unspecified atom stereocenters. The number of hydrogen-bond donors (Lipinski definition) is 0. The Morgan fingerprint density at radius 3 is 2.31 bits per heavy atom. The van der Waals surface area contributed by atoms with Crippen molar-refractivity contribution in [2.24, 2.45) is 4.99 Å². The molecule has 2 heterocycles. The Kier molecular flexibility index (Phi) is 9.48. The van der Waals surface area contributed by atoms with Crippen LogP contribution in [-0.2, 0) is 14.3 Å². The lowest BCUT2D eigenvalue weighted by atomic mass is 9.93. The van der Waals surface area contributed by atoms with Gasteiger partial charge in [-0.1, -0.05) is 53.8 Å². The Labute approximate surface area is 263 Å². The van der Waals surface area contributed by atoms with Crippen molar-refractivity contribution < 1.29 is 33.3 Å². The van der Waals surface area contributed by atoms with Crippen molar-refractivity contribution in [3.8, 4) is 23.0 Å². The molecule has 1 aromatic heterocycles. The summed E-state index contributed by atoms with van der Waals surface area (Å²) in [5.74, 6) is 0.530. The normalized spacial score (nSPS) is 14.3. The maximum atomic E-state index is 14.2. The van der Waals surface area contributed by atoms with Crippen molar-refractivity contribution in [1.82, 2.24) is 4.57 Å². The fourth-order valence-electron chi connectivity index (χ4n) is 5.05. The number of esters is 2. The van der Waals surface area contributed by atoms with Crippen molar-refractivity contribution in [1.29, 1.82) is 0 Å². The van der Waals surface area contributed by atoms with Crippen LogP contribution in [0.1, 0.15) is 43.5 Å². The third-order valence-corrected chi connectivity index (χ3v) is 7.90. The molecule has 0 saturated carbocycles. The summed E-state index contributed by atoms with van der Waals surface area (Å²) >= 11 is 1.19. The van der Waals surface area contributed by atoms with E-state index in [1.54, 1.807) is 49.4 Å². The molecule has 0 amide bonds. The second-order valence-electron chi connectivity index (χ2n) is 9.78. The van der Waals surface area contributed by atoms with Gasteiger partial charge in [-0.15, -0.1) is 0 Å². The topological polar surface area (TPSA) is 115 Å². The number of aromatic nitrogens is 1. The minimum absolute atomic E-state index is 0.138. The summed E-state index contributed by atoms with van der Waals surface area (Å²) in [4.78, 5) is 44.8. The van der Waals surface area contributed by atoms with Crippen LogP contribution in [0.25, 0.3) is 11.8 Å². The molecule has 0 fully saturated rings. The average molecular weight is 629 g/mol. The van der Waals surface area contributed by atoms with Crippen molar-refractivity contribution >= 4 is 35.0 Å². The van der Waals surface area contributed by atoms with Crippen LogP contribution >= 0.6 is 11.3 Å². The largest absolute Gasteiger partial charge is 0.493 e. The summed E-state index contributed by atoms with van der Waals surface area (Å²) in [5.41, 5.74) is 2.23. The van der Waals surface area contributed by atoms with Crippen LogP contribution in [0.2, 0.25) is 0 Å². The fourth-order valence-corrected chi connectivity index (χ4v) is 6.05. The van der Waals surface area contributed by atoms with Gasteiger partial charge in [-0.3, -0.25) is 14.2 Å². The fraction of sp³-hybridized carbons (Fsp3) is 0.235. The number of hydrogen-bond acceptors (Lipinski definition) is 10. The number of carbonyl (C=O) groups excluding carboxylic acids is 2. The molecule has 5 rings (SSSR count). The monoisotopic (exact) mass is 628 g/mol. The summed E-state index contributed by atoms with van der Waals surface area (Å²) in [6, 6.07) is 18.7. The molecule has 10 nitrogen and oxygen atoms in total. The Morgan fingerprint density at radius 2 is 1.64 bits per heavy atom. The molecular weight excluding hydrogens is 596 g/mol. The number of thiazole rings is 1. The number of ether oxygens (including phenoxy) is 5. The number of rotatable bonds is 10. The van der Waals surface area contributed by atoms with Gasteiger partial charge < -0.3 is 23.7 Å². The molecule has 0 radical (unpaired) electrons. The number of carbonyl (C=O) groups is 2. The van der Waals surface area contributed by atoms with Gasteiger partial charge in [0.05, 0.1) is 49.3 Å². The molecule has 0 spiro atoms. The third-order valence-electron chi connectivity index (χ3n) is 6.92. The minimum Gasteiger partial charge on any atom is -0.493 e. The Morgan fingerprint density at radius 1 is 0.911 bits per heavy atom. The summed E-state index contributed by atoms with van der Waals surface area (Å²) < 4.78 is 29.4. The quantitative estimate of drug-likeness (QED) is 0.189. The Bertz CT molecular complexity index is 1960. The van der Waals surface area contributed by atoms with E-state index in [-0.39, 0.29) is 23.5 Å². The van der Waals surface area contributed by atoms with Crippen LogP contribution < -0.4 is 33.8 Å². The van der Waals surface area contributed by atoms with Crippen LogP contribution in [0.4, 0.5) is 0 Å². The van der Waals surface area contributed by atoms with E-state index in [4.69, 9.17) is 28.7 Å². The van der Waals surface area contributed by atoms with Crippen LogP contribution in [-0.4, -0.2) is 43.9 Å². The maximum absolute atomic E-state index is 14.2. The molecule has 0 saturated heterocycles. The van der Waals surface area contributed by atoms with Crippen LogP contribution in [0.15, 0.2) is 82.1 Å². The van der Waals surface area contributed by atoms with Crippen molar-refractivity contribution in [2.45, 2.75) is 26.8 Å². The van der Waals surface area contributed by atoms with Gasteiger partial charge >= 0.3 is 11.9 Å². The molecule has 0 bridgehead atoms. The molecule has 1 aliphatic rings. The van der Waals surface area contributed by atoms with Gasteiger partial charge in [0.15, 0.2) is 27.8 Å². The van der Waals surface area contributed by atoms with Crippen molar-refractivity contribution in [3.05, 3.63) is 109 Å². The van der Waals surface area contributed by atoms with E-state index in [1.807, 2.05) is 37.3 Å². The highest BCUT2D eigenvalue weighted by Crippen LogP contribution is 2.38. The Balaban J connectivity index is 1.78. The highest BCUT2D eigenvalue weighted by atomic mass is 32.1. The van der Waals surface area contributed by atoms with Crippen LogP contribution in [0.3, 0.4) is 0 Å². The summed E-state index contributed by atoms with van der Waals surface area (Å²) in [6.45, 7) is 5.35. The second kappa shape index (κ2) is 13.6. The molecule has 3 aromatic carbocycles. The molecule has 1 atom stereocenters. The number of methoxy groups -OCH3 is 2. The zero-order valence-electron chi connectivity index (χ0n) is 25.5. The van der Waals surface area contributed by atoms with Gasteiger partial charge in [0.2, 0.25) is 0 Å². The SMILES string of the molecule is CCOC(=O)C1=C(c2ccccc2)N=c2s/c(=C\c3ccc(OC(C)=O)c(OCC)c3)c(=O)n2[C@@H]1c1ccc(OC)c(OC)c1. The van der Waals surface area contributed by atoms with Gasteiger partial charge in [-0.05, 0) is 55.3 Å². The number of fused-ring (bicyclic) bond motifs is 1. The number of nitrogens with zero attached hydrogens (tertiary/aromatic N) is 2. The van der Waals surface area contributed by atoms with Gasteiger partial charge in [-0.25, -0.2) is 9.79 Å². The van der Waals surface area contributed by atoms with Crippen LogP contribution in [0.5, 0.6) is 23.0 Å². The molecular formula is C34H32N2O8S. The van der Waals surface area contributed by atoms with Crippen molar-refractivity contribution in [3.63, 3.8) is 0 Å². The first-order valence-electron chi connectivity index (χ1n) is 14.2. The van der Waals surface area contributed by atoms with Crippen molar-refractivity contribution in [2.75, 3.05) is 27.4 Å². The Hall–Kier alpha value is -5.16. The second-order valence-corrected chi connectivity index (χ2v) is 10.8. The van der Waals surface area contributed by atoms with Gasteiger partial charge in [0, 0.05) is 12.5 Å². The van der Waals surface area contributed by atoms with E-state index in [1.165, 1.54) is 37.0 Å². The maximum Gasteiger partial charge on any atom is 0.338 e. The molecule has 0 N–H and O–H groups in total. The molecule has 4 aromatic rings. The molecule has 232 valence electrons. The lowest BCUT2D eigenvalue weighted by Gasteiger charge is -2.26. The van der Waals surface area contributed by atoms with Crippen LogP contribution in [0, 0.1) is 0 Å². The lowest BCUT2D eigenvalue weighted by molar-refractivity contribution is -0.139. The molecule has 45 heavy (non-hydrogen) atoms. The van der Waals surface area contributed by atoms with E-state index >= 15 is 0 Å². The summed E-state index contributed by atoms with van der Waals surface area (Å²) in [6.07, 6.45) is 1.71. The summed E-state index contributed by atoms with van der Waals surface area (Å²) in [5, 5.41) is 0. The van der Waals surface area contributed by atoms with Gasteiger partial charge in [0.1, 0.15) is 0 Å². The number of benzene rings is 3. The minimum atomic E-state index is -0.886. The predicted molar refractivity (Wildman–Crippen MR) is 170 cm³/mol. The summed E-state index contributed by atoms with van der Waals surface area (Å²) in [7, 11) is 3.06. The molecule has 1 aliphatic heterocycles. The van der Waals surface area contributed by atoms with E-state index in [0.717, 1.165) is 0 Å². The smallest absolute Gasteiger partial charge is 0.338 e.